The predicted molar refractivity (Wildman–Crippen MR) is 127 cm³/mol. The van der Waals surface area contributed by atoms with Crippen LogP contribution in [-0.2, 0) is 9.53 Å². The van der Waals surface area contributed by atoms with E-state index in [2.05, 4.69) is 32.6 Å². The Balaban J connectivity index is 1.43. The number of carbonyl (C=O) groups excluding carboxylic acids is 3. The topological polar surface area (TPSA) is 68.6 Å². The molecule has 0 saturated heterocycles. The van der Waals surface area contributed by atoms with E-state index in [1.54, 1.807) is 18.2 Å². The quantitative estimate of drug-likeness (QED) is 0.414. The summed E-state index contributed by atoms with van der Waals surface area (Å²) in [6.07, 6.45) is 0. The largest absolute Gasteiger partial charge is 0.456 e. The fraction of sp³-hybridized carbons (Fsp3) is 0.222. The molecule has 168 valence electrons. The van der Waals surface area contributed by atoms with Crippen molar-refractivity contribution in [2.24, 2.45) is 0 Å². The average Bonchev–Trinajstić information content (AvgIpc) is 3.22. The molecule has 6 nitrogen and oxygen atoms in total. The maximum Gasteiger partial charge on any atom is 0.326 e. The number of fused-ring (bicyclic) bond motifs is 1. The summed E-state index contributed by atoms with van der Waals surface area (Å²) >= 11 is 0. The average molecular weight is 443 g/mol. The molecule has 2 aromatic carbocycles. The van der Waals surface area contributed by atoms with E-state index in [1.165, 1.54) is 16.0 Å². The number of ketones is 1. The molecule has 0 atom stereocenters. The number of Topliss-reactive ketones (excluding diaryl/α,β-unsaturated/α-hetero) is 1. The number of nitrogens with zero attached hydrogens (tertiary/aromatic N) is 2. The Morgan fingerprint density at radius 3 is 2.30 bits per heavy atom. The van der Waals surface area contributed by atoms with Gasteiger partial charge in [-0.15, -0.1) is 0 Å². The molecule has 0 unspecified atom stereocenters. The molecule has 0 aliphatic carbocycles. The Bertz CT molecular complexity index is 1280. The van der Waals surface area contributed by atoms with E-state index < -0.39 is 12.6 Å². The van der Waals surface area contributed by atoms with E-state index in [0.717, 1.165) is 17.1 Å². The first-order valence-corrected chi connectivity index (χ1v) is 10.7. The van der Waals surface area contributed by atoms with Gasteiger partial charge in [-0.05, 0) is 63.1 Å². The first-order chi connectivity index (χ1) is 15.7. The van der Waals surface area contributed by atoms with Gasteiger partial charge in [-0.2, -0.15) is 0 Å². The van der Waals surface area contributed by atoms with Crippen LogP contribution in [0.3, 0.4) is 0 Å². The maximum absolute atomic E-state index is 12.8. The van der Waals surface area contributed by atoms with Gasteiger partial charge in [0.15, 0.2) is 6.61 Å². The van der Waals surface area contributed by atoms with Gasteiger partial charge in [0.2, 0.25) is 5.78 Å². The molecule has 0 N–H and O–H groups in total. The summed E-state index contributed by atoms with van der Waals surface area (Å²) in [5.74, 6) is -1.24. The monoisotopic (exact) mass is 442 g/mol. The van der Waals surface area contributed by atoms with Gasteiger partial charge in [-0.3, -0.25) is 19.3 Å². The lowest BCUT2D eigenvalue weighted by molar-refractivity contribution is -0.142. The van der Waals surface area contributed by atoms with Crippen molar-refractivity contribution >= 4 is 23.4 Å². The van der Waals surface area contributed by atoms with Crippen molar-refractivity contribution in [1.29, 1.82) is 0 Å². The van der Waals surface area contributed by atoms with Crippen molar-refractivity contribution in [3.63, 3.8) is 0 Å². The van der Waals surface area contributed by atoms with Crippen molar-refractivity contribution in [1.82, 2.24) is 9.47 Å². The summed E-state index contributed by atoms with van der Waals surface area (Å²) in [4.78, 5) is 39.1. The molecule has 0 saturated carbocycles. The lowest BCUT2D eigenvalue weighted by Crippen LogP contribution is -2.31. The van der Waals surface area contributed by atoms with Crippen LogP contribution in [0.1, 0.15) is 48.8 Å². The van der Waals surface area contributed by atoms with Crippen LogP contribution in [-0.4, -0.2) is 40.3 Å². The number of hydrogen-bond donors (Lipinski definition) is 0. The zero-order chi connectivity index (χ0) is 23.9. The highest BCUT2D eigenvalue weighted by atomic mass is 16.5. The highest BCUT2D eigenvalue weighted by Crippen LogP contribution is 2.31. The van der Waals surface area contributed by atoms with Crippen molar-refractivity contribution in [2.45, 2.75) is 27.7 Å². The number of aryl methyl sites for hydroxylation is 3. The minimum absolute atomic E-state index is 0.290. The number of rotatable bonds is 6. The number of esters is 1. The predicted octanol–water partition coefficient (Wildman–Crippen LogP) is 4.56. The highest BCUT2D eigenvalue weighted by Gasteiger charge is 2.32. The van der Waals surface area contributed by atoms with Crippen LogP contribution in [0.4, 0.5) is 0 Å². The van der Waals surface area contributed by atoms with E-state index in [4.69, 9.17) is 4.74 Å². The molecule has 3 aromatic rings. The molecular formula is C27H26N2O4. The molecule has 0 fully saturated rings. The summed E-state index contributed by atoms with van der Waals surface area (Å²) in [7, 11) is 0. The second kappa shape index (κ2) is 8.54. The Hall–Kier alpha value is -3.93. The van der Waals surface area contributed by atoms with E-state index in [9.17, 15) is 14.4 Å². The number of hydrogen-bond acceptors (Lipinski definition) is 4. The molecule has 6 heteroatoms. The molecule has 2 heterocycles. The third kappa shape index (κ3) is 4.00. The van der Waals surface area contributed by atoms with Gasteiger partial charge in [0.1, 0.15) is 6.54 Å². The number of benzene rings is 2. The van der Waals surface area contributed by atoms with Crippen molar-refractivity contribution in [3.8, 4) is 5.69 Å². The molecule has 1 amide bonds. The summed E-state index contributed by atoms with van der Waals surface area (Å²) in [5, 5.41) is 0. The van der Waals surface area contributed by atoms with Gasteiger partial charge < -0.3 is 9.30 Å². The molecule has 1 aromatic heterocycles. The highest BCUT2D eigenvalue weighted by molar-refractivity contribution is 6.10. The van der Waals surface area contributed by atoms with Crippen molar-refractivity contribution in [2.75, 3.05) is 13.2 Å². The van der Waals surface area contributed by atoms with E-state index in [0.29, 0.717) is 22.4 Å². The normalized spacial score (nSPS) is 12.8. The lowest BCUT2D eigenvalue weighted by Gasteiger charge is -2.16. The first kappa shape index (κ1) is 22.3. The zero-order valence-corrected chi connectivity index (χ0v) is 19.3. The number of amides is 1. The van der Waals surface area contributed by atoms with Crippen LogP contribution < -0.4 is 0 Å². The van der Waals surface area contributed by atoms with Crippen LogP contribution in [0.25, 0.3) is 11.4 Å². The number of aromatic nitrogens is 1. The second-order valence-electron chi connectivity index (χ2n) is 8.36. The van der Waals surface area contributed by atoms with Crippen LogP contribution in [0.15, 0.2) is 55.1 Å². The van der Waals surface area contributed by atoms with Gasteiger partial charge in [0, 0.05) is 39.5 Å². The zero-order valence-electron chi connectivity index (χ0n) is 19.3. The molecule has 0 spiro atoms. The molecule has 1 aliphatic heterocycles. The molecule has 0 radical (unpaired) electrons. The summed E-state index contributed by atoms with van der Waals surface area (Å²) in [5.41, 5.74) is 7.22. The molecule has 0 bridgehead atoms. The molecule has 33 heavy (non-hydrogen) atoms. The number of ether oxygens (including phenoxy) is 1. The fourth-order valence-corrected chi connectivity index (χ4v) is 4.21. The summed E-state index contributed by atoms with van der Waals surface area (Å²) < 4.78 is 7.25. The maximum atomic E-state index is 12.8. The third-order valence-electron chi connectivity index (χ3n) is 6.17. The standard InChI is InChI=1S/C27H26N2O4/c1-16-10-11-21(12-17(16)2)29-18(3)13-24(20(29)5)25(30)15-33-26(31)14-28-19(4)22-8-6-7-9-23(22)27(28)32/h6-13H,4,14-15H2,1-3,5H3. The smallest absolute Gasteiger partial charge is 0.326 e. The van der Waals surface area contributed by atoms with Crippen LogP contribution in [0, 0.1) is 27.7 Å². The Labute approximate surface area is 193 Å². The molecule has 1 aliphatic rings. The van der Waals surface area contributed by atoms with Gasteiger partial charge >= 0.3 is 5.97 Å². The van der Waals surface area contributed by atoms with Crippen LogP contribution in [0.5, 0.6) is 0 Å². The minimum Gasteiger partial charge on any atom is -0.456 e. The van der Waals surface area contributed by atoms with Crippen LogP contribution >= 0.6 is 0 Å². The van der Waals surface area contributed by atoms with E-state index in [1.807, 2.05) is 36.6 Å². The summed E-state index contributed by atoms with van der Waals surface area (Å²) in [6.45, 7) is 11.2. The Morgan fingerprint density at radius 2 is 1.64 bits per heavy atom. The van der Waals surface area contributed by atoms with Gasteiger partial charge in [0.05, 0.1) is 0 Å². The Morgan fingerprint density at radius 1 is 0.939 bits per heavy atom. The first-order valence-electron chi connectivity index (χ1n) is 10.7. The van der Waals surface area contributed by atoms with Gasteiger partial charge in [-0.1, -0.05) is 30.8 Å². The van der Waals surface area contributed by atoms with E-state index >= 15 is 0 Å². The van der Waals surface area contributed by atoms with Gasteiger partial charge in [0.25, 0.3) is 5.91 Å². The fourth-order valence-electron chi connectivity index (χ4n) is 4.21. The molecular weight excluding hydrogens is 416 g/mol. The molecule has 4 rings (SSSR count). The second-order valence-corrected chi connectivity index (χ2v) is 8.36. The lowest BCUT2D eigenvalue weighted by atomic mass is 10.1. The van der Waals surface area contributed by atoms with Crippen molar-refractivity contribution < 1.29 is 19.1 Å². The third-order valence-corrected chi connectivity index (χ3v) is 6.17. The van der Waals surface area contributed by atoms with Crippen LogP contribution in [0.2, 0.25) is 0 Å². The Kier molecular flexibility index (Phi) is 5.77. The van der Waals surface area contributed by atoms with E-state index in [-0.39, 0.29) is 18.2 Å². The SMILES string of the molecule is C=C1c2ccccc2C(=O)N1CC(=O)OCC(=O)c1cc(C)n(-c2ccc(C)c(C)c2)c1C. The summed E-state index contributed by atoms with van der Waals surface area (Å²) in [6, 6.07) is 15.0. The van der Waals surface area contributed by atoms with Crippen molar-refractivity contribution in [3.05, 3.63) is 94.3 Å². The minimum atomic E-state index is -0.659. The number of carbonyl (C=O) groups is 3. The van der Waals surface area contributed by atoms with Gasteiger partial charge in [-0.25, -0.2) is 0 Å².